The lowest BCUT2D eigenvalue weighted by atomic mass is 10.1. The van der Waals surface area contributed by atoms with Gasteiger partial charge in [0.25, 0.3) is 5.56 Å². The molecule has 0 unspecified atom stereocenters. The maximum atomic E-state index is 13.2. The number of anilines is 2. The zero-order valence-corrected chi connectivity index (χ0v) is 13.3. The van der Waals surface area contributed by atoms with E-state index >= 15 is 0 Å². The number of aryl methyl sites for hydroxylation is 1. The summed E-state index contributed by atoms with van der Waals surface area (Å²) in [6, 6.07) is 13.1. The maximum Gasteiger partial charge on any atom is 0.252 e. The SMILES string of the molecule is COc1cccc(-c2cc(=O)[nH]c(Nc3ccc(F)cc3C)n2)c1. The van der Waals surface area contributed by atoms with E-state index in [1.807, 2.05) is 18.2 Å². The summed E-state index contributed by atoms with van der Waals surface area (Å²) in [5.74, 6) is 0.651. The Kier molecular flexibility index (Phi) is 4.29. The second kappa shape index (κ2) is 6.54. The predicted molar refractivity (Wildman–Crippen MR) is 91.3 cm³/mol. The van der Waals surface area contributed by atoms with Gasteiger partial charge in [-0.1, -0.05) is 12.1 Å². The molecule has 122 valence electrons. The largest absolute Gasteiger partial charge is 0.497 e. The Morgan fingerprint density at radius 2 is 2.00 bits per heavy atom. The standard InChI is InChI=1S/C18H16FN3O2/c1-11-8-13(19)6-7-15(11)20-18-21-16(10-17(23)22-18)12-4-3-5-14(9-12)24-2/h3-10H,1-2H3,(H2,20,21,22,23). The van der Waals surface area contributed by atoms with Crippen LogP contribution in [0.15, 0.2) is 53.3 Å². The number of nitrogens with zero attached hydrogens (tertiary/aromatic N) is 1. The minimum absolute atomic E-state index is 0.287. The van der Waals surface area contributed by atoms with Crippen molar-refractivity contribution < 1.29 is 9.13 Å². The fourth-order valence-corrected chi connectivity index (χ4v) is 2.34. The van der Waals surface area contributed by atoms with Gasteiger partial charge in [-0.3, -0.25) is 9.78 Å². The van der Waals surface area contributed by atoms with Gasteiger partial charge in [-0.25, -0.2) is 9.37 Å². The molecule has 0 spiro atoms. The number of aromatic nitrogens is 2. The third-order valence-corrected chi connectivity index (χ3v) is 3.55. The summed E-state index contributed by atoms with van der Waals surface area (Å²) in [5, 5.41) is 3.01. The smallest absolute Gasteiger partial charge is 0.252 e. The average Bonchev–Trinajstić information content (AvgIpc) is 2.57. The van der Waals surface area contributed by atoms with Crippen molar-refractivity contribution in [1.29, 1.82) is 0 Å². The number of benzene rings is 2. The van der Waals surface area contributed by atoms with E-state index in [1.54, 1.807) is 26.2 Å². The van der Waals surface area contributed by atoms with Crippen LogP contribution in [0.5, 0.6) is 5.75 Å². The first kappa shape index (κ1) is 15.7. The lowest BCUT2D eigenvalue weighted by Crippen LogP contribution is -2.11. The van der Waals surface area contributed by atoms with Crippen LogP contribution in [0.4, 0.5) is 16.0 Å². The Balaban J connectivity index is 1.98. The number of ether oxygens (including phenoxy) is 1. The van der Waals surface area contributed by atoms with Crippen LogP contribution in [0, 0.1) is 12.7 Å². The van der Waals surface area contributed by atoms with Gasteiger partial charge in [-0.2, -0.15) is 0 Å². The van der Waals surface area contributed by atoms with Crippen LogP contribution in [-0.4, -0.2) is 17.1 Å². The molecule has 2 N–H and O–H groups in total. The number of H-pyrrole nitrogens is 1. The number of hydrogen-bond donors (Lipinski definition) is 2. The molecule has 0 amide bonds. The Bertz CT molecular complexity index is 938. The molecule has 2 aromatic carbocycles. The highest BCUT2D eigenvalue weighted by Gasteiger charge is 2.07. The van der Waals surface area contributed by atoms with E-state index in [2.05, 4.69) is 15.3 Å². The van der Waals surface area contributed by atoms with Crippen molar-refractivity contribution in [2.24, 2.45) is 0 Å². The molecule has 3 aromatic rings. The molecule has 0 aliphatic heterocycles. The zero-order chi connectivity index (χ0) is 17.1. The van der Waals surface area contributed by atoms with Crippen LogP contribution >= 0.6 is 0 Å². The normalized spacial score (nSPS) is 10.5. The fourth-order valence-electron chi connectivity index (χ4n) is 2.34. The molecule has 24 heavy (non-hydrogen) atoms. The van der Waals surface area contributed by atoms with Gasteiger partial charge in [-0.15, -0.1) is 0 Å². The van der Waals surface area contributed by atoms with E-state index in [0.717, 1.165) is 5.56 Å². The van der Waals surface area contributed by atoms with Crippen molar-refractivity contribution in [2.75, 3.05) is 12.4 Å². The minimum atomic E-state index is -0.315. The van der Waals surface area contributed by atoms with Gasteiger partial charge in [0.15, 0.2) is 0 Å². The van der Waals surface area contributed by atoms with Crippen molar-refractivity contribution >= 4 is 11.6 Å². The molecule has 0 fully saturated rings. The summed E-state index contributed by atoms with van der Waals surface area (Å²) in [4.78, 5) is 19.0. The second-order valence-corrected chi connectivity index (χ2v) is 5.30. The molecule has 1 heterocycles. The molecule has 0 saturated carbocycles. The van der Waals surface area contributed by atoms with E-state index in [4.69, 9.17) is 4.74 Å². The van der Waals surface area contributed by atoms with Gasteiger partial charge in [0.2, 0.25) is 5.95 Å². The van der Waals surface area contributed by atoms with Gasteiger partial charge >= 0.3 is 0 Å². The first-order chi connectivity index (χ1) is 11.5. The van der Waals surface area contributed by atoms with Crippen molar-refractivity contribution in [3.8, 4) is 17.0 Å². The monoisotopic (exact) mass is 325 g/mol. The molecule has 0 saturated heterocycles. The molecule has 0 aliphatic rings. The highest BCUT2D eigenvalue weighted by molar-refractivity contribution is 5.64. The molecule has 3 rings (SSSR count). The van der Waals surface area contributed by atoms with Gasteiger partial charge in [-0.05, 0) is 42.8 Å². The fraction of sp³-hybridized carbons (Fsp3) is 0.111. The van der Waals surface area contributed by atoms with E-state index in [-0.39, 0.29) is 17.3 Å². The van der Waals surface area contributed by atoms with Crippen molar-refractivity contribution in [3.63, 3.8) is 0 Å². The molecule has 1 aromatic heterocycles. The van der Waals surface area contributed by atoms with Crippen LogP contribution < -0.4 is 15.6 Å². The Hall–Kier alpha value is -3.15. The summed E-state index contributed by atoms with van der Waals surface area (Å²) in [5.41, 5.74) is 2.37. The third-order valence-electron chi connectivity index (χ3n) is 3.55. The molecule has 5 nitrogen and oxygen atoms in total. The Morgan fingerprint density at radius 3 is 2.75 bits per heavy atom. The lowest BCUT2D eigenvalue weighted by molar-refractivity contribution is 0.415. The zero-order valence-electron chi connectivity index (χ0n) is 13.3. The third kappa shape index (κ3) is 3.43. The first-order valence-electron chi connectivity index (χ1n) is 7.34. The molecule has 6 heteroatoms. The number of aromatic amines is 1. The van der Waals surface area contributed by atoms with E-state index in [0.29, 0.717) is 22.7 Å². The van der Waals surface area contributed by atoms with Crippen LogP contribution in [0.25, 0.3) is 11.3 Å². The average molecular weight is 325 g/mol. The van der Waals surface area contributed by atoms with Gasteiger partial charge in [0.1, 0.15) is 11.6 Å². The second-order valence-electron chi connectivity index (χ2n) is 5.30. The number of rotatable bonds is 4. The van der Waals surface area contributed by atoms with Gasteiger partial charge in [0.05, 0.1) is 12.8 Å². The highest BCUT2D eigenvalue weighted by atomic mass is 19.1. The molecule has 0 aliphatic carbocycles. The molecule has 0 atom stereocenters. The summed E-state index contributed by atoms with van der Waals surface area (Å²) in [6.45, 7) is 1.77. The molecule has 0 bridgehead atoms. The lowest BCUT2D eigenvalue weighted by Gasteiger charge is -2.10. The van der Waals surface area contributed by atoms with Gasteiger partial charge < -0.3 is 10.1 Å². The highest BCUT2D eigenvalue weighted by Crippen LogP contribution is 2.23. The Labute approximate surface area is 138 Å². The van der Waals surface area contributed by atoms with Crippen LogP contribution in [-0.2, 0) is 0 Å². The topological polar surface area (TPSA) is 67.0 Å². The summed E-state index contributed by atoms with van der Waals surface area (Å²) in [7, 11) is 1.58. The maximum absolute atomic E-state index is 13.2. The molecular formula is C18H16FN3O2. The summed E-state index contributed by atoms with van der Waals surface area (Å²) >= 11 is 0. The summed E-state index contributed by atoms with van der Waals surface area (Å²) in [6.07, 6.45) is 0. The van der Waals surface area contributed by atoms with Crippen molar-refractivity contribution in [3.05, 3.63) is 70.3 Å². The molecular weight excluding hydrogens is 309 g/mol. The first-order valence-corrected chi connectivity index (χ1v) is 7.34. The van der Waals surface area contributed by atoms with E-state index < -0.39 is 0 Å². The van der Waals surface area contributed by atoms with Crippen molar-refractivity contribution in [1.82, 2.24) is 9.97 Å². The Morgan fingerprint density at radius 1 is 1.17 bits per heavy atom. The number of hydrogen-bond acceptors (Lipinski definition) is 4. The minimum Gasteiger partial charge on any atom is -0.497 e. The van der Waals surface area contributed by atoms with E-state index in [9.17, 15) is 9.18 Å². The number of halogens is 1. The molecule has 0 radical (unpaired) electrons. The van der Waals surface area contributed by atoms with E-state index in [1.165, 1.54) is 18.2 Å². The van der Waals surface area contributed by atoms with Gasteiger partial charge in [0, 0.05) is 17.3 Å². The number of methoxy groups -OCH3 is 1. The van der Waals surface area contributed by atoms with Crippen LogP contribution in [0.1, 0.15) is 5.56 Å². The quantitative estimate of drug-likeness (QED) is 0.768. The summed E-state index contributed by atoms with van der Waals surface area (Å²) < 4.78 is 18.4. The number of nitrogens with one attached hydrogen (secondary N) is 2. The van der Waals surface area contributed by atoms with Crippen LogP contribution in [0.3, 0.4) is 0 Å². The van der Waals surface area contributed by atoms with Crippen molar-refractivity contribution in [2.45, 2.75) is 6.92 Å². The predicted octanol–water partition coefficient (Wildman–Crippen LogP) is 3.64. The van der Waals surface area contributed by atoms with Crippen LogP contribution in [0.2, 0.25) is 0 Å².